The fourth-order valence-electron chi connectivity index (χ4n) is 2.75. The highest BCUT2D eigenvalue weighted by Crippen LogP contribution is 2.30. The molecule has 2 aromatic rings. The average molecular weight is 316 g/mol. The second-order valence-corrected chi connectivity index (χ2v) is 6.68. The van der Waals surface area contributed by atoms with Gasteiger partial charge in [0.15, 0.2) is 0 Å². The minimum Gasteiger partial charge on any atom is -0.481 e. The Morgan fingerprint density at radius 3 is 2.82 bits per heavy atom. The molecule has 0 saturated carbocycles. The lowest BCUT2D eigenvalue weighted by Crippen LogP contribution is -2.25. The molecular weight excluding hydrogens is 296 g/mol. The molecule has 0 fully saturated rings. The Hall–Kier alpha value is -1.88. The minimum absolute atomic E-state index is 0.0324. The summed E-state index contributed by atoms with van der Waals surface area (Å²) >= 11 is 1.65. The van der Waals surface area contributed by atoms with Gasteiger partial charge in [0.1, 0.15) is 0 Å². The number of aromatic nitrogens is 1. The predicted octanol–water partition coefficient (Wildman–Crippen LogP) is 3.70. The molecule has 0 radical (unpaired) electrons. The topological polar surface area (TPSA) is 42.4 Å². The number of hydrogen-bond donors (Lipinski definition) is 0. The first-order valence-electron chi connectivity index (χ1n) is 7.58. The van der Waals surface area contributed by atoms with E-state index < -0.39 is 0 Å². The number of carbonyl (C=O) groups is 1. The summed E-state index contributed by atoms with van der Waals surface area (Å²) in [6.07, 6.45) is 7.64. The van der Waals surface area contributed by atoms with Crippen LogP contribution in [0.25, 0.3) is 0 Å². The van der Waals surface area contributed by atoms with Crippen molar-refractivity contribution in [1.82, 2.24) is 4.98 Å². The molecular formula is C17H20N2O2S. The zero-order valence-electron chi connectivity index (χ0n) is 13.0. The molecule has 0 aromatic carbocycles. The third-order valence-corrected chi connectivity index (χ3v) is 5.30. The van der Waals surface area contributed by atoms with Gasteiger partial charge >= 0.3 is 0 Å². The van der Waals surface area contributed by atoms with Crippen LogP contribution < -0.4 is 9.64 Å². The van der Waals surface area contributed by atoms with Gasteiger partial charge in [0.2, 0.25) is 5.88 Å². The standard InChI is InChI=1S/C17H20N2O2S/c1-19(13-8-9-16(21-2)18-11-13)17(20)15-10-12-6-4-3-5-7-14(12)22-15/h8-11H,3-7H2,1-2H3. The number of hydrogen-bond acceptors (Lipinski definition) is 4. The van der Waals surface area contributed by atoms with E-state index >= 15 is 0 Å². The monoisotopic (exact) mass is 316 g/mol. The molecule has 0 aliphatic heterocycles. The molecule has 0 bridgehead atoms. The molecule has 116 valence electrons. The summed E-state index contributed by atoms with van der Waals surface area (Å²) in [6, 6.07) is 5.70. The van der Waals surface area contributed by atoms with Crippen LogP contribution in [0.15, 0.2) is 24.4 Å². The van der Waals surface area contributed by atoms with Crippen molar-refractivity contribution in [3.05, 3.63) is 39.7 Å². The lowest BCUT2D eigenvalue weighted by atomic mass is 10.1. The van der Waals surface area contributed by atoms with Gasteiger partial charge in [0.05, 0.1) is 23.9 Å². The van der Waals surface area contributed by atoms with Crippen molar-refractivity contribution in [2.24, 2.45) is 0 Å². The molecule has 4 nitrogen and oxygen atoms in total. The average Bonchev–Trinajstić information content (AvgIpc) is 2.84. The van der Waals surface area contributed by atoms with E-state index in [9.17, 15) is 4.79 Å². The summed E-state index contributed by atoms with van der Waals surface area (Å²) in [7, 11) is 3.37. The van der Waals surface area contributed by atoms with Crippen molar-refractivity contribution < 1.29 is 9.53 Å². The van der Waals surface area contributed by atoms with E-state index in [-0.39, 0.29) is 5.91 Å². The van der Waals surface area contributed by atoms with Crippen molar-refractivity contribution >= 4 is 22.9 Å². The van der Waals surface area contributed by atoms with Crippen molar-refractivity contribution in [2.45, 2.75) is 32.1 Å². The molecule has 1 aliphatic rings. The van der Waals surface area contributed by atoms with E-state index in [2.05, 4.69) is 11.1 Å². The summed E-state index contributed by atoms with van der Waals surface area (Å²) in [5, 5.41) is 0. The van der Waals surface area contributed by atoms with Gasteiger partial charge in [-0.3, -0.25) is 4.79 Å². The molecule has 1 amide bonds. The number of thiophene rings is 1. The SMILES string of the molecule is COc1ccc(N(C)C(=O)c2cc3c(s2)CCCCC3)cn1. The number of fused-ring (bicyclic) bond motifs is 1. The lowest BCUT2D eigenvalue weighted by Gasteiger charge is -2.16. The maximum absolute atomic E-state index is 12.7. The number of pyridine rings is 1. The number of aryl methyl sites for hydroxylation is 2. The molecule has 1 aliphatic carbocycles. The van der Waals surface area contributed by atoms with Crippen molar-refractivity contribution in [1.29, 1.82) is 0 Å². The Bertz CT molecular complexity index is 640. The van der Waals surface area contributed by atoms with E-state index in [0.29, 0.717) is 5.88 Å². The highest BCUT2D eigenvalue weighted by Gasteiger charge is 2.20. The van der Waals surface area contributed by atoms with Crippen LogP contribution >= 0.6 is 11.3 Å². The maximum atomic E-state index is 12.7. The van der Waals surface area contributed by atoms with Gasteiger partial charge in [-0.25, -0.2) is 4.98 Å². The number of amides is 1. The summed E-state index contributed by atoms with van der Waals surface area (Å²) in [6.45, 7) is 0. The van der Waals surface area contributed by atoms with Gasteiger partial charge in [-0.1, -0.05) is 6.42 Å². The molecule has 0 unspecified atom stereocenters. The van der Waals surface area contributed by atoms with Crippen LogP contribution in [0.4, 0.5) is 5.69 Å². The number of ether oxygens (including phenoxy) is 1. The van der Waals surface area contributed by atoms with E-state index in [1.54, 1.807) is 42.7 Å². The van der Waals surface area contributed by atoms with Gasteiger partial charge in [0.25, 0.3) is 5.91 Å². The second-order valence-electron chi connectivity index (χ2n) is 5.54. The largest absolute Gasteiger partial charge is 0.481 e. The summed E-state index contributed by atoms with van der Waals surface area (Å²) < 4.78 is 5.05. The van der Waals surface area contributed by atoms with Crippen LogP contribution in [0, 0.1) is 0 Å². The Balaban J connectivity index is 1.80. The molecule has 22 heavy (non-hydrogen) atoms. The van der Waals surface area contributed by atoms with Crippen LogP contribution in [0.3, 0.4) is 0 Å². The number of methoxy groups -OCH3 is 1. The van der Waals surface area contributed by atoms with E-state index in [1.165, 1.54) is 29.7 Å². The Morgan fingerprint density at radius 1 is 1.27 bits per heavy atom. The fourth-order valence-corrected chi connectivity index (χ4v) is 3.98. The summed E-state index contributed by atoms with van der Waals surface area (Å²) in [5.41, 5.74) is 2.14. The first kappa shape index (κ1) is 15.0. The van der Waals surface area contributed by atoms with Crippen molar-refractivity contribution in [2.75, 3.05) is 19.1 Å². The van der Waals surface area contributed by atoms with Gasteiger partial charge in [-0.2, -0.15) is 0 Å². The molecule has 2 aromatic heterocycles. The number of nitrogens with zero attached hydrogens (tertiary/aromatic N) is 2. The van der Waals surface area contributed by atoms with Crippen molar-refractivity contribution in [3.8, 4) is 5.88 Å². The summed E-state index contributed by atoms with van der Waals surface area (Å²) in [4.78, 5) is 20.7. The normalized spacial score (nSPS) is 14.1. The van der Waals surface area contributed by atoms with E-state index in [1.807, 2.05) is 6.07 Å². The highest BCUT2D eigenvalue weighted by molar-refractivity contribution is 7.14. The van der Waals surface area contributed by atoms with Crippen LogP contribution in [-0.4, -0.2) is 25.0 Å². The first-order chi connectivity index (χ1) is 10.7. The van der Waals surface area contributed by atoms with Crippen LogP contribution in [0.2, 0.25) is 0 Å². The Labute approximate surface area is 134 Å². The molecule has 0 saturated heterocycles. The van der Waals surface area contributed by atoms with Crippen molar-refractivity contribution in [3.63, 3.8) is 0 Å². The Morgan fingerprint density at radius 2 is 2.09 bits per heavy atom. The quantitative estimate of drug-likeness (QED) is 0.811. The molecule has 5 heteroatoms. The van der Waals surface area contributed by atoms with E-state index in [0.717, 1.165) is 23.4 Å². The van der Waals surface area contributed by atoms with E-state index in [4.69, 9.17) is 4.74 Å². The molecule has 0 atom stereocenters. The lowest BCUT2D eigenvalue weighted by molar-refractivity contribution is 0.0996. The predicted molar refractivity (Wildman–Crippen MR) is 89.1 cm³/mol. The van der Waals surface area contributed by atoms with Gasteiger partial charge in [-0.15, -0.1) is 11.3 Å². The van der Waals surface area contributed by atoms with Gasteiger partial charge < -0.3 is 9.64 Å². The van der Waals surface area contributed by atoms with Gasteiger partial charge in [-0.05, 0) is 43.4 Å². The zero-order valence-corrected chi connectivity index (χ0v) is 13.8. The highest BCUT2D eigenvalue weighted by atomic mass is 32.1. The fraction of sp³-hybridized carbons (Fsp3) is 0.412. The minimum atomic E-state index is 0.0324. The van der Waals surface area contributed by atoms with Crippen LogP contribution in [0.5, 0.6) is 5.88 Å². The molecule has 3 rings (SSSR count). The van der Waals surface area contributed by atoms with Crippen LogP contribution in [0.1, 0.15) is 39.4 Å². The maximum Gasteiger partial charge on any atom is 0.268 e. The third-order valence-electron chi connectivity index (χ3n) is 4.08. The molecule has 0 spiro atoms. The number of rotatable bonds is 3. The Kier molecular flexibility index (Phi) is 4.43. The first-order valence-corrected chi connectivity index (χ1v) is 8.40. The number of carbonyl (C=O) groups excluding carboxylic acids is 1. The second kappa shape index (κ2) is 6.48. The smallest absolute Gasteiger partial charge is 0.268 e. The van der Waals surface area contributed by atoms with Crippen LogP contribution in [-0.2, 0) is 12.8 Å². The molecule has 2 heterocycles. The zero-order chi connectivity index (χ0) is 15.5. The summed E-state index contributed by atoms with van der Waals surface area (Å²) in [5.74, 6) is 0.581. The molecule has 0 N–H and O–H groups in total. The number of anilines is 1. The third kappa shape index (κ3) is 2.99. The van der Waals surface area contributed by atoms with Gasteiger partial charge in [0, 0.05) is 18.0 Å².